The molecule has 1 aliphatic rings. The number of H-pyrrole nitrogens is 1. The number of nitrogens with one attached hydrogen (secondary N) is 1. The van der Waals surface area contributed by atoms with Gasteiger partial charge in [-0.3, -0.25) is 9.36 Å². The van der Waals surface area contributed by atoms with Gasteiger partial charge in [0, 0.05) is 11.1 Å². The summed E-state index contributed by atoms with van der Waals surface area (Å²) in [6.45, 7) is 0. The average Bonchev–Trinajstić information content (AvgIpc) is 3.44. The number of imidazole rings is 1. The van der Waals surface area contributed by atoms with Gasteiger partial charge in [-0.1, -0.05) is 48.5 Å². The van der Waals surface area contributed by atoms with E-state index >= 15 is 0 Å². The summed E-state index contributed by atoms with van der Waals surface area (Å²) >= 11 is 1.22. The summed E-state index contributed by atoms with van der Waals surface area (Å²) in [5.74, 6) is 0.0686. The fourth-order valence-corrected chi connectivity index (χ4v) is 7.67. The molecule has 35 heavy (non-hydrogen) atoms. The summed E-state index contributed by atoms with van der Waals surface area (Å²) in [6.07, 6.45) is 4.08. The minimum Gasteiger partial charge on any atom is -0.283 e. The highest BCUT2D eigenvalue weighted by molar-refractivity contribution is 8.00. The Kier molecular flexibility index (Phi) is 5.50. The van der Waals surface area contributed by atoms with Crippen molar-refractivity contribution in [3.05, 3.63) is 90.1 Å². The molecule has 0 fully saturated rings. The van der Waals surface area contributed by atoms with Gasteiger partial charge in [-0.15, -0.1) is 3.97 Å². The number of aromatic nitrogens is 3. The first-order valence-electron chi connectivity index (χ1n) is 11.7. The number of carbonyl (C=O) groups is 1. The largest absolute Gasteiger partial charge is 0.336 e. The first-order chi connectivity index (χ1) is 17.1. The molecule has 5 aromatic rings. The van der Waals surface area contributed by atoms with Gasteiger partial charge < -0.3 is 0 Å². The smallest absolute Gasteiger partial charge is 0.283 e. The van der Waals surface area contributed by atoms with Crippen LogP contribution < -0.4 is 3.97 Å². The van der Waals surface area contributed by atoms with Crippen molar-refractivity contribution in [2.45, 2.75) is 35.7 Å². The van der Waals surface area contributed by atoms with Crippen molar-refractivity contribution < 1.29 is 17.2 Å². The highest BCUT2D eigenvalue weighted by atomic mass is 32.2. The van der Waals surface area contributed by atoms with Gasteiger partial charge in [0.15, 0.2) is 11.0 Å². The van der Waals surface area contributed by atoms with Crippen LogP contribution in [0.2, 0.25) is 0 Å². The first kappa shape index (κ1) is 22.1. The third-order valence-corrected chi connectivity index (χ3v) is 9.38. The Morgan fingerprint density at radius 2 is 1.63 bits per heavy atom. The summed E-state index contributed by atoms with van der Waals surface area (Å²) in [5.41, 5.74) is 4.56. The molecule has 6 nitrogen and oxygen atoms in total. The Morgan fingerprint density at radius 3 is 2.49 bits per heavy atom. The summed E-state index contributed by atoms with van der Waals surface area (Å²) in [7, 11) is -3.86. The quantitative estimate of drug-likeness (QED) is 0.272. The number of carbonyl (C=O) groups excluding carboxylic acids is 1. The van der Waals surface area contributed by atoms with Gasteiger partial charge in [-0.05, 0) is 73.3 Å². The number of benzene rings is 3. The number of rotatable bonds is 5. The van der Waals surface area contributed by atoms with E-state index in [1.807, 2.05) is 41.0 Å². The number of thioether (sulfide) groups is 1. The Labute approximate surface area is 207 Å². The van der Waals surface area contributed by atoms with Gasteiger partial charge in [0.25, 0.3) is 0 Å². The van der Waals surface area contributed by atoms with Crippen LogP contribution in [0.4, 0.5) is 0 Å². The number of nitrogens with zero attached hydrogens (tertiary/aromatic N) is 2. The van der Waals surface area contributed by atoms with E-state index in [9.17, 15) is 13.2 Å². The van der Waals surface area contributed by atoms with E-state index in [1.54, 1.807) is 36.4 Å². The van der Waals surface area contributed by atoms with E-state index < -0.39 is 10.0 Å². The maximum atomic E-state index is 13.6. The molecule has 8 heteroatoms. The lowest BCUT2D eigenvalue weighted by molar-refractivity contribution is -0.526. The zero-order chi connectivity index (χ0) is 24.0. The SMILES string of the molecule is O=C(CSc1[nH]c2ccccc2[n+]1S(=O)(=O)c1ccccc1)n1c2c(c3ccccc31)CCCC2. The molecule has 6 rings (SSSR count). The molecule has 2 heterocycles. The van der Waals surface area contributed by atoms with Crippen LogP contribution in [0.25, 0.3) is 21.9 Å². The number of para-hydroxylation sites is 3. The standard InChI is InChI=1S/C27H23N3O3S2/c31-26(29-23-15-7-4-12-20(23)21-13-5-8-16-24(21)29)18-34-27-28-22-14-6-9-17-25(22)30(27)35(32,33)19-10-2-1-3-11-19/h1-4,6-7,9-12,14-15,17H,5,8,13,16,18H2/p+1. The molecule has 0 bridgehead atoms. The molecule has 0 saturated heterocycles. The van der Waals surface area contributed by atoms with E-state index in [0.717, 1.165) is 42.3 Å². The molecule has 0 amide bonds. The molecule has 1 N–H and O–H groups in total. The summed E-state index contributed by atoms with van der Waals surface area (Å²) in [5, 5.41) is 1.56. The molecule has 0 aliphatic heterocycles. The fraction of sp³-hybridized carbons (Fsp3) is 0.185. The zero-order valence-electron chi connectivity index (χ0n) is 19.0. The maximum absolute atomic E-state index is 13.6. The average molecular weight is 503 g/mol. The van der Waals surface area contributed by atoms with Gasteiger partial charge in [-0.2, -0.15) is 8.42 Å². The van der Waals surface area contributed by atoms with E-state index in [2.05, 4.69) is 11.1 Å². The van der Waals surface area contributed by atoms with E-state index in [0.29, 0.717) is 16.2 Å². The summed E-state index contributed by atoms with van der Waals surface area (Å²) < 4.78 is 30.4. The van der Waals surface area contributed by atoms with E-state index in [1.165, 1.54) is 21.3 Å². The van der Waals surface area contributed by atoms with Crippen molar-refractivity contribution in [3.63, 3.8) is 0 Å². The van der Waals surface area contributed by atoms with Gasteiger partial charge in [0.1, 0.15) is 4.90 Å². The molecule has 1 aliphatic carbocycles. The molecular weight excluding hydrogens is 478 g/mol. The second-order valence-electron chi connectivity index (χ2n) is 8.70. The number of aryl methyl sites for hydroxylation is 1. The zero-order valence-corrected chi connectivity index (χ0v) is 20.6. The number of hydrogen-bond acceptors (Lipinski definition) is 4. The van der Waals surface area contributed by atoms with Crippen LogP contribution in [0.5, 0.6) is 0 Å². The minimum absolute atomic E-state index is 0.0448. The summed E-state index contributed by atoms with van der Waals surface area (Å²) in [4.78, 5) is 17.0. The Hall–Kier alpha value is -3.36. The molecular formula is C27H24N3O3S2+. The third kappa shape index (κ3) is 3.68. The minimum atomic E-state index is -3.86. The van der Waals surface area contributed by atoms with Crippen LogP contribution in [0.15, 0.2) is 88.9 Å². The highest BCUT2D eigenvalue weighted by Crippen LogP contribution is 2.32. The number of fused-ring (bicyclic) bond motifs is 4. The van der Waals surface area contributed by atoms with Crippen LogP contribution in [0.1, 0.15) is 28.9 Å². The van der Waals surface area contributed by atoms with Crippen molar-refractivity contribution in [2.75, 3.05) is 5.75 Å². The van der Waals surface area contributed by atoms with E-state index in [4.69, 9.17) is 0 Å². The Balaban J connectivity index is 1.40. The van der Waals surface area contributed by atoms with E-state index in [-0.39, 0.29) is 16.6 Å². The molecule has 0 spiro atoms. The second-order valence-corrected chi connectivity index (χ2v) is 11.4. The van der Waals surface area contributed by atoms with Gasteiger partial charge in [0.05, 0.1) is 11.3 Å². The normalized spacial score (nSPS) is 13.8. The number of aromatic amines is 1. The first-order valence-corrected chi connectivity index (χ1v) is 14.1. The lowest BCUT2D eigenvalue weighted by Gasteiger charge is -2.14. The van der Waals surface area contributed by atoms with Crippen molar-refractivity contribution >= 4 is 49.6 Å². The van der Waals surface area contributed by atoms with Crippen LogP contribution in [-0.2, 0) is 22.9 Å². The molecule has 0 radical (unpaired) electrons. The maximum Gasteiger partial charge on any atom is 0.336 e. The second kappa shape index (κ2) is 8.70. The highest BCUT2D eigenvalue weighted by Gasteiger charge is 2.32. The topological polar surface area (TPSA) is 75.8 Å². The Morgan fingerprint density at radius 1 is 0.914 bits per heavy atom. The lowest BCUT2D eigenvalue weighted by atomic mass is 9.96. The molecule has 0 saturated carbocycles. The van der Waals surface area contributed by atoms with Crippen molar-refractivity contribution in [3.8, 4) is 0 Å². The van der Waals surface area contributed by atoms with Crippen molar-refractivity contribution in [1.82, 2.24) is 9.55 Å². The fourth-order valence-electron chi connectivity index (χ4n) is 5.04. The van der Waals surface area contributed by atoms with Gasteiger partial charge in [-0.25, -0.2) is 4.98 Å². The van der Waals surface area contributed by atoms with Crippen molar-refractivity contribution in [2.24, 2.45) is 0 Å². The molecule has 2 aromatic heterocycles. The molecule has 3 aromatic carbocycles. The Bertz CT molecular complexity index is 1690. The van der Waals surface area contributed by atoms with Crippen LogP contribution in [-0.4, -0.2) is 29.6 Å². The van der Waals surface area contributed by atoms with Crippen LogP contribution >= 0.6 is 11.8 Å². The van der Waals surface area contributed by atoms with Crippen molar-refractivity contribution in [1.29, 1.82) is 0 Å². The van der Waals surface area contributed by atoms with Crippen LogP contribution in [0.3, 0.4) is 0 Å². The molecule has 0 atom stereocenters. The van der Waals surface area contributed by atoms with Gasteiger partial charge >= 0.3 is 15.2 Å². The predicted octanol–water partition coefficient (Wildman–Crippen LogP) is 4.96. The molecule has 176 valence electrons. The van der Waals surface area contributed by atoms with Crippen LogP contribution in [0, 0.1) is 0 Å². The monoisotopic (exact) mass is 502 g/mol. The third-order valence-electron chi connectivity index (χ3n) is 6.59. The van der Waals surface area contributed by atoms with Gasteiger partial charge in [0.2, 0.25) is 5.91 Å². The molecule has 0 unspecified atom stereocenters. The summed E-state index contributed by atoms with van der Waals surface area (Å²) in [6, 6.07) is 23.7. The number of hydrogen-bond donors (Lipinski definition) is 1. The lowest BCUT2D eigenvalue weighted by Crippen LogP contribution is -2.44. The predicted molar refractivity (Wildman–Crippen MR) is 137 cm³/mol.